The zero-order chi connectivity index (χ0) is 17.9. The molecule has 12 heteroatoms. The van der Waals surface area contributed by atoms with Gasteiger partial charge >= 0.3 is 15.5 Å². The van der Waals surface area contributed by atoms with E-state index in [1.54, 1.807) is 0 Å². The number of hydrogen-bond acceptors (Lipinski definition) is 5. The van der Waals surface area contributed by atoms with E-state index in [1.165, 1.54) is 24.3 Å². The minimum absolute atomic E-state index is 0.0308. The minimum atomic E-state index is -6.03. The van der Waals surface area contributed by atoms with Crippen molar-refractivity contribution in [3.63, 3.8) is 0 Å². The van der Waals surface area contributed by atoms with Crippen LogP contribution in [0.15, 0.2) is 36.9 Å². The molecule has 0 heterocycles. The molecular formula is C11H11F3N2O5S2. The molecule has 1 rings (SSSR count). The predicted molar refractivity (Wildman–Crippen MR) is 76.0 cm³/mol. The molecule has 0 atom stereocenters. The molecule has 0 bridgehead atoms. The lowest BCUT2D eigenvalue weighted by atomic mass is 10.2. The van der Waals surface area contributed by atoms with Crippen LogP contribution in [0.5, 0.6) is 0 Å². The standard InChI is InChI=1S/C11H11F3N2O5S2/c1-2-10(17)15-9-5-3-4-8(6-9)7-22(18,19)16-23(20,21)11(12,13)14/h2-6,16H,1,7H2,(H,15,17). The van der Waals surface area contributed by atoms with E-state index in [-0.39, 0.29) is 11.3 Å². The normalized spacial score (nSPS) is 12.7. The average Bonchev–Trinajstić information content (AvgIpc) is 2.35. The van der Waals surface area contributed by atoms with Gasteiger partial charge < -0.3 is 5.32 Å². The van der Waals surface area contributed by atoms with Crippen molar-refractivity contribution in [1.29, 1.82) is 0 Å². The first-order chi connectivity index (χ1) is 10.4. The van der Waals surface area contributed by atoms with Crippen LogP contribution in [0.2, 0.25) is 0 Å². The minimum Gasteiger partial charge on any atom is -0.323 e. The van der Waals surface area contributed by atoms with Gasteiger partial charge in [-0.1, -0.05) is 18.7 Å². The first-order valence-corrected chi connectivity index (χ1v) is 8.85. The quantitative estimate of drug-likeness (QED) is 0.726. The Morgan fingerprint density at radius 1 is 1.22 bits per heavy atom. The summed E-state index contributed by atoms with van der Waals surface area (Å²) in [5, 5.41) is 2.32. The van der Waals surface area contributed by atoms with E-state index >= 15 is 0 Å². The monoisotopic (exact) mass is 372 g/mol. The molecule has 1 aromatic rings. The topological polar surface area (TPSA) is 109 Å². The van der Waals surface area contributed by atoms with Crippen LogP contribution in [-0.2, 0) is 30.6 Å². The summed E-state index contributed by atoms with van der Waals surface area (Å²) in [5.74, 6) is -1.61. The van der Waals surface area contributed by atoms with Crippen molar-refractivity contribution in [2.24, 2.45) is 0 Å². The Morgan fingerprint density at radius 3 is 2.35 bits per heavy atom. The van der Waals surface area contributed by atoms with E-state index in [1.807, 2.05) is 0 Å². The Bertz CT molecular complexity index is 816. The number of halogens is 3. The molecule has 0 saturated carbocycles. The highest BCUT2D eigenvalue weighted by atomic mass is 32.3. The molecule has 2 N–H and O–H groups in total. The smallest absolute Gasteiger partial charge is 0.323 e. The van der Waals surface area contributed by atoms with E-state index in [4.69, 9.17) is 0 Å². The van der Waals surface area contributed by atoms with Crippen LogP contribution in [0, 0.1) is 0 Å². The van der Waals surface area contributed by atoms with Crippen molar-refractivity contribution in [2.45, 2.75) is 11.3 Å². The number of alkyl halides is 3. The molecule has 0 aromatic heterocycles. The fourth-order valence-corrected chi connectivity index (χ4v) is 3.96. The summed E-state index contributed by atoms with van der Waals surface area (Å²) in [4.78, 5) is 11.1. The van der Waals surface area contributed by atoms with Gasteiger partial charge in [-0.25, -0.2) is 16.8 Å². The number of amides is 1. The summed E-state index contributed by atoms with van der Waals surface area (Å²) in [6.45, 7) is 3.21. The Morgan fingerprint density at radius 2 is 1.83 bits per heavy atom. The third-order valence-electron chi connectivity index (χ3n) is 2.28. The number of nitrogens with one attached hydrogen (secondary N) is 2. The second-order valence-electron chi connectivity index (χ2n) is 4.19. The molecule has 0 aliphatic heterocycles. The Labute approximate surface area is 130 Å². The van der Waals surface area contributed by atoms with Crippen LogP contribution in [0.4, 0.5) is 18.9 Å². The molecule has 0 saturated heterocycles. The molecule has 0 unspecified atom stereocenters. The van der Waals surface area contributed by atoms with Crippen molar-refractivity contribution in [2.75, 3.05) is 5.32 Å². The number of benzene rings is 1. The van der Waals surface area contributed by atoms with E-state index in [0.717, 1.165) is 6.08 Å². The third kappa shape index (κ3) is 5.65. The van der Waals surface area contributed by atoms with Gasteiger partial charge in [0, 0.05) is 5.69 Å². The van der Waals surface area contributed by atoms with Gasteiger partial charge in [-0.05, 0) is 23.8 Å². The Hall–Kier alpha value is -1.92. The van der Waals surface area contributed by atoms with Gasteiger partial charge in [0.15, 0.2) is 0 Å². The summed E-state index contributed by atoms with van der Waals surface area (Å²) < 4.78 is 81.9. The number of carbonyl (C=O) groups excluding carboxylic acids is 1. The van der Waals surface area contributed by atoms with Crippen molar-refractivity contribution >= 4 is 31.6 Å². The second kappa shape index (κ2) is 6.68. The molecule has 0 aliphatic rings. The van der Waals surface area contributed by atoms with Gasteiger partial charge in [0.1, 0.15) is 0 Å². The van der Waals surface area contributed by atoms with Gasteiger partial charge in [-0.2, -0.15) is 13.2 Å². The molecule has 1 aromatic carbocycles. The first kappa shape index (κ1) is 19.1. The first-order valence-electron chi connectivity index (χ1n) is 5.71. The average molecular weight is 372 g/mol. The van der Waals surface area contributed by atoms with Crippen LogP contribution < -0.4 is 9.44 Å². The van der Waals surface area contributed by atoms with Crippen LogP contribution in [0.1, 0.15) is 5.56 Å². The van der Waals surface area contributed by atoms with E-state index in [9.17, 15) is 34.8 Å². The lowest BCUT2D eigenvalue weighted by Gasteiger charge is -2.11. The van der Waals surface area contributed by atoms with Crippen LogP contribution in [0.3, 0.4) is 0 Å². The molecular weight excluding hydrogens is 361 g/mol. The summed E-state index contributed by atoms with van der Waals surface area (Å²) in [6, 6.07) is 5.14. The highest BCUT2D eigenvalue weighted by Crippen LogP contribution is 2.23. The number of carbonyl (C=O) groups is 1. The maximum atomic E-state index is 12.2. The van der Waals surface area contributed by atoms with Gasteiger partial charge in [0.25, 0.3) is 0 Å². The molecule has 23 heavy (non-hydrogen) atoms. The molecule has 1 amide bonds. The van der Waals surface area contributed by atoms with Crippen molar-refractivity contribution in [3.05, 3.63) is 42.5 Å². The van der Waals surface area contributed by atoms with Gasteiger partial charge in [0.2, 0.25) is 15.9 Å². The predicted octanol–water partition coefficient (Wildman–Crippen LogP) is 1.08. The fourth-order valence-electron chi connectivity index (χ4n) is 1.40. The summed E-state index contributed by atoms with van der Waals surface area (Å²) in [5.41, 5.74) is -5.61. The lowest BCUT2D eigenvalue weighted by molar-refractivity contribution is -0.111. The number of anilines is 1. The van der Waals surface area contributed by atoms with Gasteiger partial charge in [0.05, 0.1) is 5.75 Å². The number of rotatable bonds is 6. The van der Waals surface area contributed by atoms with Crippen LogP contribution in [0.25, 0.3) is 0 Å². The highest BCUT2D eigenvalue weighted by Gasteiger charge is 2.48. The van der Waals surface area contributed by atoms with Gasteiger partial charge in [-0.15, -0.1) is 4.13 Å². The van der Waals surface area contributed by atoms with Crippen LogP contribution in [-0.4, -0.2) is 28.3 Å². The number of hydrogen-bond donors (Lipinski definition) is 2. The maximum absolute atomic E-state index is 12.2. The largest absolute Gasteiger partial charge is 0.512 e. The summed E-state index contributed by atoms with van der Waals surface area (Å²) >= 11 is 0. The van der Waals surface area contributed by atoms with Crippen molar-refractivity contribution < 1.29 is 34.8 Å². The SMILES string of the molecule is C=CC(=O)Nc1cccc(CS(=O)(=O)NS(=O)(=O)C(F)(F)F)c1. The summed E-state index contributed by atoms with van der Waals surface area (Å²) in [7, 11) is -10.8. The second-order valence-corrected chi connectivity index (χ2v) is 7.84. The Kier molecular flexibility index (Phi) is 5.56. The molecule has 0 radical (unpaired) electrons. The molecule has 7 nitrogen and oxygen atoms in total. The highest BCUT2D eigenvalue weighted by molar-refractivity contribution is 8.04. The van der Waals surface area contributed by atoms with E-state index in [2.05, 4.69) is 11.9 Å². The van der Waals surface area contributed by atoms with Gasteiger partial charge in [-0.3, -0.25) is 4.79 Å². The fraction of sp³-hybridized carbons (Fsp3) is 0.182. The van der Waals surface area contributed by atoms with E-state index < -0.39 is 37.2 Å². The zero-order valence-corrected chi connectivity index (χ0v) is 12.9. The molecule has 128 valence electrons. The maximum Gasteiger partial charge on any atom is 0.512 e. The lowest BCUT2D eigenvalue weighted by Crippen LogP contribution is -2.40. The van der Waals surface area contributed by atoms with E-state index in [0.29, 0.717) is 4.13 Å². The zero-order valence-electron chi connectivity index (χ0n) is 11.3. The molecule has 0 fully saturated rings. The number of sulfonamides is 2. The third-order valence-corrected chi connectivity index (χ3v) is 5.49. The van der Waals surface area contributed by atoms with Crippen molar-refractivity contribution in [1.82, 2.24) is 4.13 Å². The Balaban J connectivity index is 2.97. The van der Waals surface area contributed by atoms with Crippen molar-refractivity contribution in [3.8, 4) is 0 Å². The summed E-state index contributed by atoms with van der Waals surface area (Å²) in [6.07, 6.45) is 0.959. The van der Waals surface area contributed by atoms with Crippen LogP contribution >= 0.6 is 0 Å². The molecule has 0 aliphatic carbocycles. The molecule has 0 spiro atoms.